The number of aryl methyl sites for hydroxylation is 2. The van der Waals surface area contributed by atoms with Crippen molar-refractivity contribution in [1.82, 2.24) is 9.97 Å². The Morgan fingerprint density at radius 3 is 2.19 bits per heavy atom. The largest absolute Gasteiger partial charge is 0.438 e. The molecule has 0 radical (unpaired) electrons. The van der Waals surface area contributed by atoms with Crippen molar-refractivity contribution in [3.8, 4) is 11.6 Å². The third-order valence-electron chi connectivity index (χ3n) is 3.30. The first-order valence-corrected chi connectivity index (χ1v) is 7.26. The summed E-state index contributed by atoms with van der Waals surface area (Å²) in [6.45, 7) is 9.81. The number of hydrogen-bond acceptors (Lipinski definition) is 4. The molecule has 2 N–H and O–H groups in total. The highest BCUT2D eigenvalue weighted by Gasteiger charge is 2.15. The fourth-order valence-electron chi connectivity index (χ4n) is 2.04. The summed E-state index contributed by atoms with van der Waals surface area (Å²) < 4.78 is 6.01. The molecule has 0 bridgehead atoms. The van der Waals surface area contributed by atoms with E-state index in [1.807, 2.05) is 46.8 Å². The Morgan fingerprint density at radius 1 is 1.10 bits per heavy atom. The first-order valence-electron chi connectivity index (χ1n) is 6.88. The molecule has 0 amide bonds. The molecule has 0 fully saturated rings. The zero-order valence-electron chi connectivity index (χ0n) is 13.0. The Hall–Kier alpha value is -1.81. The molecule has 21 heavy (non-hydrogen) atoms. The molecule has 0 aliphatic carbocycles. The molecule has 0 unspecified atom stereocenters. The van der Waals surface area contributed by atoms with E-state index in [2.05, 4.69) is 9.97 Å². The molecular formula is C16H20ClN3O. The van der Waals surface area contributed by atoms with Crippen LogP contribution in [0, 0.1) is 20.8 Å². The van der Waals surface area contributed by atoms with Gasteiger partial charge in [-0.15, -0.1) is 0 Å². The van der Waals surface area contributed by atoms with Gasteiger partial charge in [-0.2, -0.15) is 4.98 Å². The van der Waals surface area contributed by atoms with Crippen LogP contribution in [0.25, 0.3) is 0 Å². The van der Waals surface area contributed by atoms with Crippen LogP contribution < -0.4 is 10.5 Å². The summed E-state index contributed by atoms with van der Waals surface area (Å²) in [5.41, 5.74) is 8.63. The first kappa shape index (κ1) is 15.6. The van der Waals surface area contributed by atoms with Gasteiger partial charge in [-0.1, -0.05) is 25.4 Å². The van der Waals surface area contributed by atoms with Crippen molar-refractivity contribution in [2.24, 2.45) is 0 Å². The highest BCUT2D eigenvalue weighted by Crippen LogP contribution is 2.33. The van der Waals surface area contributed by atoms with Crippen molar-refractivity contribution in [2.75, 3.05) is 5.73 Å². The standard InChI is InChI=1S/C16H20ClN3O/c1-8(2)15-19-14(18)11(5)16(20-15)21-13-9(3)6-12(17)7-10(13)4/h6-8H,1-5H3,(H2,18,19,20). The van der Waals surface area contributed by atoms with Crippen molar-refractivity contribution in [2.45, 2.75) is 40.5 Å². The fourth-order valence-corrected chi connectivity index (χ4v) is 2.37. The van der Waals surface area contributed by atoms with Gasteiger partial charge in [-0.05, 0) is 44.0 Å². The van der Waals surface area contributed by atoms with Gasteiger partial charge >= 0.3 is 0 Å². The van der Waals surface area contributed by atoms with Gasteiger partial charge in [0.25, 0.3) is 0 Å². The molecule has 1 aromatic carbocycles. The van der Waals surface area contributed by atoms with E-state index in [1.54, 1.807) is 0 Å². The lowest BCUT2D eigenvalue weighted by atomic mass is 10.1. The molecular weight excluding hydrogens is 286 g/mol. The summed E-state index contributed by atoms with van der Waals surface area (Å²) >= 11 is 6.05. The normalized spacial score (nSPS) is 11.0. The summed E-state index contributed by atoms with van der Waals surface area (Å²) in [6, 6.07) is 3.74. The van der Waals surface area contributed by atoms with E-state index < -0.39 is 0 Å². The van der Waals surface area contributed by atoms with Crippen LogP contribution in [0.3, 0.4) is 0 Å². The van der Waals surface area contributed by atoms with Gasteiger partial charge in [0, 0.05) is 10.9 Å². The predicted molar refractivity (Wildman–Crippen MR) is 86.3 cm³/mol. The second-order valence-electron chi connectivity index (χ2n) is 5.52. The van der Waals surface area contributed by atoms with Crippen LogP contribution in [0.1, 0.15) is 42.3 Å². The van der Waals surface area contributed by atoms with Gasteiger partial charge in [-0.3, -0.25) is 0 Å². The van der Waals surface area contributed by atoms with Gasteiger partial charge in [0.2, 0.25) is 5.88 Å². The number of anilines is 1. The van der Waals surface area contributed by atoms with Crippen LogP contribution in [0.2, 0.25) is 5.02 Å². The summed E-state index contributed by atoms with van der Waals surface area (Å²) in [7, 11) is 0. The number of hydrogen-bond donors (Lipinski definition) is 1. The number of nitrogens with zero attached hydrogens (tertiary/aromatic N) is 2. The molecule has 0 spiro atoms. The van der Waals surface area contributed by atoms with Crippen LogP contribution in [-0.4, -0.2) is 9.97 Å². The topological polar surface area (TPSA) is 61.0 Å². The van der Waals surface area contributed by atoms with Crippen LogP contribution in [0.5, 0.6) is 11.6 Å². The van der Waals surface area contributed by atoms with Gasteiger partial charge in [0.15, 0.2) is 0 Å². The lowest BCUT2D eigenvalue weighted by Crippen LogP contribution is -2.07. The fraction of sp³-hybridized carbons (Fsp3) is 0.375. The van der Waals surface area contributed by atoms with Crippen LogP contribution in [-0.2, 0) is 0 Å². The Balaban J connectivity index is 2.49. The second-order valence-corrected chi connectivity index (χ2v) is 5.96. The number of nitrogen functional groups attached to an aromatic ring is 1. The molecule has 2 rings (SSSR count). The second kappa shape index (κ2) is 5.90. The smallest absolute Gasteiger partial charge is 0.227 e. The monoisotopic (exact) mass is 305 g/mol. The number of halogens is 1. The van der Waals surface area contributed by atoms with E-state index in [1.165, 1.54) is 0 Å². The number of nitrogens with two attached hydrogens (primary N) is 1. The van der Waals surface area contributed by atoms with Gasteiger partial charge in [-0.25, -0.2) is 4.98 Å². The average molecular weight is 306 g/mol. The maximum atomic E-state index is 6.05. The number of rotatable bonds is 3. The van der Waals surface area contributed by atoms with E-state index in [0.717, 1.165) is 22.4 Å². The highest BCUT2D eigenvalue weighted by atomic mass is 35.5. The summed E-state index contributed by atoms with van der Waals surface area (Å²) in [5, 5.41) is 0.694. The minimum absolute atomic E-state index is 0.183. The molecule has 0 aliphatic heterocycles. The lowest BCUT2D eigenvalue weighted by molar-refractivity contribution is 0.447. The van der Waals surface area contributed by atoms with Crippen molar-refractivity contribution < 1.29 is 4.74 Å². The van der Waals surface area contributed by atoms with Crippen molar-refractivity contribution >= 4 is 17.4 Å². The number of ether oxygens (including phenoxy) is 1. The molecule has 1 aromatic heterocycles. The summed E-state index contributed by atoms with van der Waals surface area (Å²) in [4.78, 5) is 8.79. The zero-order valence-corrected chi connectivity index (χ0v) is 13.7. The predicted octanol–water partition coefficient (Wildman–Crippen LogP) is 4.55. The van der Waals surface area contributed by atoms with Gasteiger partial charge < -0.3 is 10.5 Å². The Labute approximate surface area is 130 Å². The van der Waals surface area contributed by atoms with E-state index in [0.29, 0.717) is 22.5 Å². The van der Waals surface area contributed by atoms with E-state index in [9.17, 15) is 0 Å². The van der Waals surface area contributed by atoms with Crippen molar-refractivity contribution in [3.05, 3.63) is 39.7 Å². The molecule has 4 nitrogen and oxygen atoms in total. The quantitative estimate of drug-likeness (QED) is 0.903. The molecule has 0 saturated heterocycles. The minimum Gasteiger partial charge on any atom is -0.438 e. The molecule has 0 aliphatic rings. The third kappa shape index (κ3) is 3.27. The molecule has 0 saturated carbocycles. The molecule has 1 heterocycles. The van der Waals surface area contributed by atoms with Crippen LogP contribution in [0.15, 0.2) is 12.1 Å². The molecule has 112 valence electrons. The molecule has 0 atom stereocenters. The van der Waals surface area contributed by atoms with E-state index in [4.69, 9.17) is 22.1 Å². The van der Waals surface area contributed by atoms with Gasteiger partial charge in [0.05, 0.1) is 5.56 Å². The minimum atomic E-state index is 0.183. The summed E-state index contributed by atoms with van der Waals surface area (Å²) in [6.07, 6.45) is 0. The van der Waals surface area contributed by atoms with E-state index in [-0.39, 0.29) is 5.92 Å². The lowest BCUT2D eigenvalue weighted by Gasteiger charge is -2.15. The first-order chi connectivity index (χ1) is 9.79. The molecule has 5 heteroatoms. The Bertz CT molecular complexity index is 660. The van der Waals surface area contributed by atoms with E-state index >= 15 is 0 Å². The van der Waals surface area contributed by atoms with Crippen LogP contribution >= 0.6 is 11.6 Å². The number of aromatic nitrogens is 2. The van der Waals surface area contributed by atoms with Crippen molar-refractivity contribution in [3.63, 3.8) is 0 Å². The highest BCUT2D eigenvalue weighted by molar-refractivity contribution is 6.30. The SMILES string of the molecule is Cc1cc(Cl)cc(C)c1Oc1nc(C(C)C)nc(N)c1C. The maximum Gasteiger partial charge on any atom is 0.227 e. The summed E-state index contributed by atoms with van der Waals surface area (Å²) in [5.74, 6) is 2.57. The third-order valence-corrected chi connectivity index (χ3v) is 3.51. The van der Waals surface area contributed by atoms with Gasteiger partial charge in [0.1, 0.15) is 17.4 Å². The van der Waals surface area contributed by atoms with Crippen molar-refractivity contribution in [1.29, 1.82) is 0 Å². The number of benzene rings is 1. The zero-order chi connectivity index (χ0) is 15.7. The Morgan fingerprint density at radius 2 is 1.67 bits per heavy atom. The molecule has 2 aromatic rings. The average Bonchev–Trinajstić information content (AvgIpc) is 2.37. The van der Waals surface area contributed by atoms with Crippen LogP contribution in [0.4, 0.5) is 5.82 Å². The maximum absolute atomic E-state index is 6.05. The Kier molecular flexibility index (Phi) is 4.37.